The van der Waals surface area contributed by atoms with E-state index in [-0.39, 0.29) is 6.61 Å². The largest absolute Gasteiger partial charge is 0.395 e. The van der Waals surface area contributed by atoms with Gasteiger partial charge in [-0.3, -0.25) is 0 Å². The fourth-order valence-electron chi connectivity index (χ4n) is 1.05. The van der Waals surface area contributed by atoms with Crippen molar-refractivity contribution in [3.05, 3.63) is 30.3 Å². The zero-order chi connectivity index (χ0) is 13.1. The molecule has 98 valence electrons. The molecule has 0 aliphatic rings. The summed E-state index contributed by atoms with van der Waals surface area (Å²) in [7, 11) is -3.00. The predicted octanol–water partition coefficient (Wildman–Crippen LogP) is 1.07. The Morgan fingerprint density at radius 1 is 1.18 bits per heavy atom. The average Bonchev–Trinajstić information content (AvgIpc) is 2.31. The number of hydrogen-bond acceptors (Lipinski definition) is 4. The van der Waals surface area contributed by atoms with Gasteiger partial charge < -0.3 is 10.4 Å². The molecule has 1 aromatic rings. The lowest BCUT2D eigenvalue weighted by Crippen LogP contribution is -2.18. The molecule has 0 saturated carbocycles. The molecule has 0 fully saturated rings. The molecule has 0 saturated heterocycles. The Balaban J connectivity index is 0.000000325. The Kier molecular flexibility index (Phi) is 8.66. The fourth-order valence-corrected chi connectivity index (χ4v) is 1.70. The van der Waals surface area contributed by atoms with E-state index in [4.69, 9.17) is 5.11 Å². The summed E-state index contributed by atoms with van der Waals surface area (Å²) in [6.45, 7) is 4.10. The van der Waals surface area contributed by atoms with Gasteiger partial charge in [0.1, 0.15) is 0 Å². The maximum atomic E-state index is 10.8. The van der Waals surface area contributed by atoms with Gasteiger partial charge in [-0.15, -0.1) is 0 Å². The molecule has 17 heavy (non-hydrogen) atoms. The van der Waals surface area contributed by atoms with Gasteiger partial charge in [-0.05, 0) is 25.1 Å². The van der Waals surface area contributed by atoms with Crippen molar-refractivity contribution < 1.29 is 13.5 Å². The number of rotatable bonds is 5. The van der Waals surface area contributed by atoms with Gasteiger partial charge in [0.15, 0.2) is 9.84 Å². The average molecular weight is 259 g/mol. The van der Waals surface area contributed by atoms with E-state index >= 15 is 0 Å². The smallest absolute Gasteiger partial charge is 0.175 e. The van der Waals surface area contributed by atoms with Crippen molar-refractivity contribution in [2.24, 2.45) is 0 Å². The molecular weight excluding hydrogens is 238 g/mol. The summed E-state index contributed by atoms with van der Waals surface area (Å²) in [6, 6.07) is 8.35. The third-order valence-corrected chi connectivity index (χ3v) is 3.02. The fraction of sp³-hybridized carbons (Fsp3) is 0.500. The van der Waals surface area contributed by atoms with Crippen LogP contribution in [0.2, 0.25) is 0 Å². The van der Waals surface area contributed by atoms with Gasteiger partial charge in [0.2, 0.25) is 0 Å². The highest BCUT2D eigenvalue weighted by Crippen LogP contribution is 2.05. The number of benzene rings is 1. The highest BCUT2D eigenvalue weighted by atomic mass is 32.2. The summed E-state index contributed by atoms with van der Waals surface area (Å²) in [5, 5.41) is 11.3. The normalized spacial score (nSPS) is 10.5. The predicted molar refractivity (Wildman–Crippen MR) is 69.8 cm³/mol. The maximum absolute atomic E-state index is 10.8. The van der Waals surface area contributed by atoms with E-state index < -0.39 is 9.84 Å². The van der Waals surface area contributed by atoms with Crippen molar-refractivity contribution in [2.45, 2.75) is 18.2 Å². The first kappa shape index (κ1) is 16.1. The third-order valence-electron chi connectivity index (χ3n) is 1.89. The van der Waals surface area contributed by atoms with Crippen LogP contribution in [-0.2, 0) is 9.84 Å². The minimum Gasteiger partial charge on any atom is -0.395 e. The summed E-state index contributed by atoms with van der Waals surface area (Å²) in [5.41, 5.74) is 0. The van der Waals surface area contributed by atoms with Crippen LogP contribution >= 0.6 is 0 Å². The van der Waals surface area contributed by atoms with Crippen molar-refractivity contribution in [3.8, 4) is 0 Å². The van der Waals surface area contributed by atoms with E-state index in [0.29, 0.717) is 4.90 Å². The molecule has 1 rings (SSSR count). The lowest BCUT2D eigenvalue weighted by molar-refractivity contribution is 0.292. The number of aliphatic hydroxyl groups is 1. The number of aliphatic hydroxyl groups excluding tert-OH is 1. The van der Waals surface area contributed by atoms with Crippen molar-refractivity contribution in [3.63, 3.8) is 0 Å². The second-order valence-corrected chi connectivity index (χ2v) is 5.57. The van der Waals surface area contributed by atoms with Crippen molar-refractivity contribution in [1.82, 2.24) is 5.32 Å². The molecule has 0 atom stereocenters. The van der Waals surface area contributed by atoms with E-state index in [1.807, 2.05) is 0 Å². The summed E-state index contributed by atoms with van der Waals surface area (Å²) in [4.78, 5) is 0.370. The Bertz CT molecular complexity index is 372. The second-order valence-electron chi connectivity index (χ2n) is 3.56. The van der Waals surface area contributed by atoms with Gasteiger partial charge in [-0.25, -0.2) is 8.42 Å². The van der Waals surface area contributed by atoms with Crippen LogP contribution in [0, 0.1) is 0 Å². The standard InChI is InChI=1S/C7H8O2S.C5H13NO/c1-10(8,9)7-5-3-2-4-6-7;1-2-3-6-4-5-7/h2-6H,1H3;6-7H,2-5H2,1H3. The van der Waals surface area contributed by atoms with Crippen molar-refractivity contribution in [1.29, 1.82) is 0 Å². The zero-order valence-electron chi connectivity index (χ0n) is 10.4. The number of hydrogen-bond donors (Lipinski definition) is 2. The van der Waals surface area contributed by atoms with Crippen LogP contribution in [-0.4, -0.2) is 39.5 Å². The summed E-state index contributed by atoms with van der Waals surface area (Å²) in [6.07, 6.45) is 2.34. The number of nitrogens with one attached hydrogen (secondary N) is 1. The highest BCUT2D eigenvalue weighted by molar-refractivity contribution is 7.90. The zero-order valence-corrected chi connectivity index (χ0v) is 11.2. The molecule has 1 aromatic carbocycles. The first-order valence-electron chi connectivity index (χ1n) is 5.59. The van der Waals surface area contributed by atoms with Crippen LogP contribution in [0.1, 0.15) is 13.3 Å². The molecule has 0 unspecified atom stereocenters. The van der Waals surface area contributed by atoms with E-state index in [2.05, 4.69) is 12.2 Å². The van der Waals surface area contributed by atoms with Gasteiger partial charge in [-0.1, -0.05) is 25.1 Å². The molecule has 4 nitrogen and oxygen atoms in total. The Morgan fingerprint density at radius 3 is 2.12 bits per heavy atom. The molecule has 0 aliphatic carbocycles. The summed E-state index contributed by atoms with van der Waals surface area (Å²) in [5.74, 6) is 0. The molecule has 5 heteroatoms. The van der Waals surface area contributed by atoms with Crippen LogP contribution in [0.4, 0.5) is 0 Å². The number of sulfone groups is 1. The van der Waals surface area contributed by atoms with Gasteiger partial charge in [0, 0.05) is 12.8 Å². The molecule has 0 radical (unpaired) electrons. The third kappa shape index (κ3) is 8.85. The van der Waals surface area contributed by atoms with Crippen LogP contribution in [0.5, 0.6) is 0 Å². The SMILES string of the molecule is CCCNCCO.CS(=O)(=O)c1ccccc1. The molecular formula is C12H21NO3S. The molecule has 0 aromatic heterocycles. The molecule has 0 spiro atoms. The maximum Gasteiger partial charge on any atom is 0.175 e. The minimum atomic E-state index is -3.00. The van der Waals surface area contributed by atoms with Crippen LogP contribution in [0.3, 0.4) is 0 Å². The van der Waals surface area contributed by atoms with E-state index in [1.165, 1.54) is 6.26 Å². The van der Waals surface area contributed by atoms with Crippen LogP contribution in [0.25, 0.3) is 0 Å². The van der Waals surface area contributed by atoms with Gasteiger partial charge in [0.05, 0.1) is 11.5 Å². The second kappa shape index (κ2) is 9.15. The minimum absolute atomic E-state index is 0.250. The lowest BCUT2D eigenvalue weighted by atomic mass is 10.4. The van der Waals surface area contributed by atoms with Gasteiger partial charge in [0.25, 0.3) is 0 Å². The van der Waals surface area contributed by atoms with Crippen LogP contribution in [0.15, 0.2) is 35.2 Å². The summed E-state index contributed by atoms with van der Waals surface area (Å²) < 4.78 is 21.7. The molecule has 0 aliphatic heterocycles. The first-order chi connectivity index (χ1) is 8.02. The monoisotopic (exact) mass is 259 g/mol. The topological polar surface area (TPSA) is 66.4 Å². The van der Waals surface area contributed by atoms with E-state index in [9.17, 15) is 8.42 Å². The summed E-state index contributed by atoms with van der Waals surface area (Å²) >= 11 is 0. The van der Waals surface area contributed by atoms with E-state index in [1.54, 1.807) is 30.3 Å². The van der Waals surface area contributed by atoms with Gasteiger partial charge >= 0.3 is 0 Å². The van der Waals surface area contributed by atoms with Crippen molar-refractivity contribution >= 4 is 9.84 Å². The van der Waals surface area contributed by atoms with E-state index in [0.717, 1.165) is 19.5 Å². The van der Waals surface area contributed by atoms with Crippen LogP contribution < -0.4 is 5.32 Å². The van der Waals surface area contributed by atoms with Crippen molar-refractivity contribution in [2.75, 3.05) is 26.0 Å². The molecule has 2 N–H and O–H groups in total. The quantitative estimate of drug-likeness (QED) is 0.776. The first-order valence-corrected chi connectivity index (χ1v) is 7.48. The van der Waals surface area contributed by atoms with Gasteiger partial charge in [-0.2, -0.15) is 0 Å². The highest BCUT2D eigenvalue weighted by Gasteiger charge is 2.02. The Morgan fingerprint density at radius 2 is 1.76 bits per heavy atom. The molecule has 0 bridgehead atoms. The molecule has 0 amide bonds. The Labute approximate surface area is 104 Å². The lowest BCUT2D eigenvalue weighted by Gasteiger charge is -1.95. The molecule has 0 heterocycles. The Hall–Kier alpha value is -0.910.